The summed E-state index contributed by atoms with van der Waals surface area (Å²) in [5.74, 6) is 0.898. The number of hydrogen-bond acceptors (Lipinski definition) is 2. The van der Waals surface area contributed by atoms with Gasteiger partial charge in [-0.1, -0.05) is 42.8 Å². The minimum atomic E-state index is 0.130. The molecule has 0 spiro atoms. The van der Waals surface area contributed by atoms with Crippen molar-refractivity contribution in [2.45, 2.75) is 33.6 Å². The van der Waals surface area contributed by atoms with Gasteiger partial charge in [0, 0.05) is 12.0 Å². The van der Waals surface area contributed by atoms with E-state index in [-0.39, 0.29) is 5.78 Å². The Kier molecular flexibility index (Phi) is 5.15. The van der Waals surface area contributed by atoms with E-state index in [1.165, 1.54) is 5.56 Å². The van der Waals surface area contributed by atoms with Gasteiger partial charge >= 0.3 is 0 Å². The third-order valence-electron chi connectivity index (χ3n) is 3.48. The second-order valence-corrected chi connectivity index (χ2v) is 5.41. The van der Waals surface area contributed by atoms with Crippen molar-refractivity contribution in [3.05, 3.63) is 64.7 Å². The van der Waals surface area contributed by atoms with Gasteiger partial charge in [-0.25, -0.2) is 0 Å². The molecule has 0 saturated heterocycles. The molecular weight excluding hydrogens is 260 g/mol. The molecular formula is C19H22O2. The number of benzene rings is 2. The molecule has 110 valence electrons. The van der Waals surface area contributed by atoms with Gasteiger partial charge < -0.3 is 4.74 Å². The van der Waals surface area contributed by atoms with E-state index in [4.69, 9.17) is 4.74 Å². The van der Waals surface area contributed by atoms with Crippen molar-refractivity contribution in [1.29, 1.82) is 0 Å². The van der Waals surface area contributed by atoms with Crippen LogP contribution in [0.25, 0.3) is 0 Å². The first-order valence-corrected chi connectivity index (χ1v) is 7.42. The van der Waals surface area contributed by atoms with E-state index < -0.39 is 0 Å². The van der Waals surface area contributed by atoms with E-state index in [1.54, 1.807) is 0 Å². The van der Waals surface area contributed by atoms with Crippen LogP contribution in [0, 0.1) is 13.8 Å². The van der Waals surface area contributed by atoms with E-state index in [2.05, 4.69) is 25.1 Å². The average molecular weight is 282 g/mol. The molecule has 21 heavy (non-hydrogen) atoms. The largest absolute Gasteiger partial charge is 0.494 e. The smallest absolute Gasteiger partial charge is 0.167 e. The second-order valence-electron chi connectivity index (χ2n) is 5.41. The fraction of sp³-hybridized carbons (Fsp3) is 0.316. The molecule has 0 atom stereocenters. The lowest BCUT2D eigenvalue weighted by molar-refractivity contribution is 0.0992. The number of ketones is 1. The van der Waals surface area contributed by atoms with Gasteiger partial charge in [-0.2, -0.15) is 0 Å². The van der Waals surface area contributed by atoms with Crippen LogP contribution in [-0.4, -0.2) is 12.4 Å². The Labute approximate surface area is 126 Å². The maximum absolute atomic E-state index is 12.4. The van der Waals surface area contributed by atoms with Crippen LogP contribution < -0.4 is 4.74 Å². The summed E-state index contributed by atoms with van der Waals surface area (Å²) < 4.78 is 5.59. The molecule has 0 unspecified atom stereocenters. The SMILES string of the molecule is CCCOc1cccc(C(=O)Cc2cc(C)ccc2C)c1. The lowest BCUT2D eigenvalue weighted by Gasteiger charge is -2.08. The summed E-state index contributed by atoms with van der Waals surface area (Å²) in [6, 6.07) is 13.7. The van der Waals surface area contributed by atoms with Crippen molar-refractivity contribution in [2.75, 3.05) is 6.61 Å². The Hall–Kier alpha value is -2.09. The molecule has 0 fully saturated rings. The highest BCUT2D eigenvalue weighted by Gasteiger charge is 2.10. The molecule has 0 amide bonds. The Morgan fingerprint density at radius 3 is 2.67 bits per heavy atom. The fourth-order valence-electron chi connectivity index (χ4n) is 2.24. The minimum Gasteiger partial charge on any atom is -0.494 e. The zero-order valence-electron chi connectivity index (χ0n) is 13.0. The van der Waals surface area contributed by atoms with Gasteiger partial charge in [0.25, 0.3) is 0 Å². The lowest BCUT2D eigenvalue weighted by atomic mass is 9.98. The molecule has 0 aliphatic rings. The molecule has 2 aromatic rings. The Bertz CT molecular complexity index is 629. The maximum atomic E-state index is 12.4. The summed E-state index contributed by atoms with van der Waals surface area (Å²) in [4.78, 5) is 12.4. The van der Waals surface area contributed by atoms with Gasteiger partial charge in [0.1, 0.15) is 5.75 Å². The molecule has 0 radical (unpaired) electrons. The Morgan fingerprint density at radius 2 is 1.90 bits per heavy atom. The average Bonchev–Trinajstić information content (AvgIpc) is 2.49. The highest BCUT2D eigenvalue weighted by molar-refractivity contribution is 5.98. The van der Waals surface area contributed by atoms with Crippen LogP contribution in [0.5, 0.6) is 5.75 Å². The number of rotatable bonds is 6. The quantitative estimate of drug-likeness (QED) is 0.728. The summed E-state index contributed by atoms with van der Waals surface area (Å²) in [6.45, 7) is 6.83. The molecule has 0 aromatic heterocycles. The van der Waals surface area contributed by atoms with Crippen LogP contribution >= 0.6 is 0 Å². The van der Waals surface area contributed by atoms with E-state index in [1.807, 2.05) is 38.1 Å². The summed E-state index contributed by atoms with van der Waals surface area (Å²) >= 11 is 0. The van der Waals surface area contributed by atoms with Crippen LogP contribution in [0.1, 0.15) is 40.4 Å². The highest BCUT2D eigenvalue weighted by atomic mass is 16.5. The topological polar surface area (TPSA) is 26.3 Å². The number of carbonyl (C=O) groups excluding carboxylic acids is 1. The number of ether oxygens (including phenoxy) is 1. The summed E-state index contributed by atoms with van der Waals surface area (Å²) in [5, 5.41) is 0. The third kappa shape index (κ3) is 4.19. The van der Waals surface area contributed by atoms with Crippen LogP contribution in [0.4, 0.5) is 0 Å². The van der Waals surface area contributed by atoms with Crippen molar-refractivity contribution in [1.82, 2.24) is 0 Å². The molecule has 2 aromatic carbocycles. The zero-order valence-corrected chi connectivity index (χ0v) is 13.0. The predicted molar refractivity (Wildman–Crippen MR) is 86.2 cm³/mol. The third-order valence-corrected chi connectivity index (χ3v) is 3.48. The van der Waals surface area contributed by atoms with Gasteiger partial charge in [0.05, 0.1) is 6.61 Å². The van der Waals surface area contributed by atoms with E-state index >= 15 is 0 Å². The van der Waals surface area contributed by atoms with Gasteiger partial charge in [0.15, 0.2) is 5.78 Å². The molecule has 0 heterocycles. The monoisotopic (exact) mass is 282 g/mol. The van der Waals surface area contributed by atoms with Crippen LogP contribution in [0.15, 0.2) is 42.5 Å². The normalized spacial score (nSPS) is 10.4. The minimum absolute atomic E-state index is 0.130. The fourth-order valence-corrected chi connectivity index (χ4v) is 2.24. The van der Waals surface area contributed by atoms with E-state index in [0.717, 1.165) is 23.3 Å². The number of carbonyl (C=O) groups is 1. The molecule has 0 aliphatic carbocycles. The van der Waals surface area contributed by atoms with Gasteiger partial charge in [0.2, 0.25) is 0 Å². The molecule has 0 saturated carbocycles. The zero-order chi connectivity index (χ0) is 15.2. The first-order chi connectivity index (χ1) is 10.1. The summed E-state index contributed by atoms with van der Waals surface area (Å²) in [7, 11) is 0. The number of aryl methyl sites for hydroxylation is 2. The molecule has 2 nitrogen and oxygen atoms in total. The molecule has 0 bridgehead atoms. The Balaban J connectivity index is 2.14. The van der Waals surface area contributed by atoms with Gasteiger partial charge in [-0.3, -0.25) is 4.79 Å². The lowest BCUT2D eigenvalue weighted by Crippen LogP contribution is -2.06. The molecule has 2 rings (SSSR count). The predicted octanol–water partition coefficient (Wildman–Crippen LogP) is 4.52. The molecule has 2 heteroatoms. The van der Waals surface area contributed by atoms with Gasteiger partial charge in [-0.05, 0) is 43.5 Å². The van der Waals surface area contributed by atoms with Crippen molar-refractivity contribution in [2.24, 2.45) is 0 Å². The summed E-state index contributed by atoms with van der Waals surface area (Å²) in [5.41, 5.74) is 4.15. The van der Waals surface area contributed by atoms with Gasteiger partial charge in [-0.15, -0.1) is 0 Å². The maximum Gasteiger partial charge on any atom is 0.167 e. The number of Topliss-reactive ketones (excluding diaryl/α,β-unsaturated/α-hetero) is 1. The number of hydrogen-bond donors (Lipinski definition) is 0. The van der Waals surface area contributed by atoms with Crippen molar-refractivity contribution >= 4 is 5.78 Å². The molecule has 0 N–H and O–H groups in total. The first-order valence-electron chi connectivity index (χ1n) is 7.42. The highest BCUT2D eigenvalue weighted by Crippen LogP contribution is 2.18. The van der Waals surface area contributed by atoms with E-state index in [0.29, 0.717) is 18.6 Å². The first kappa shape index (κ1) is 15.3. The van der Waals surface area contributed by atoms with Crippen molar-refractivity contribution < 1.29 is 9.53 Å². The Morgan fingerprint density at radius 1 is 1.10 bits per heavy atom. The van der Waals surface area contributed by atoms with Crippen LogP contribution in [-0.2, 0) is 6.42 Å². The summed E-state index contributed by atoms with van der Waals surface area (Å²) in [6.07, 6.45) is 1.39. The van der Waals surface area contributed by atoms with Crippen molar-refractivity contribution in [3.63, 3.8) is 0 Å². The van der Waals surface area contributed by atoms with Crippen LogP contribution in [0.3, 0.4) is 0 Å². The van der Waals surface area contributed by atoms with Crippen molar-refractivity contribution in [3.8, 4) is 5.75 Å². The standard InChI is InChI=1S/C19H22O2/c1-4-10-21-18-7-5-6-16(12-18)19(20)13-17-11-14(2)8-9-15(17)3/h5-9,11-12H,4,10,13H2,1-3H3. The molecule has 0 aliphatic heterocycles. The second kappa shape index (κ2) is 7.07. The van der Waals surface area contributed by atoms with Crippen LogP contribution in [0.2, 0.25) is 0 Å². The van der Waals surface area contributed by atoms with E-state index in [9.17, 15) is 4.79 Å².